The lowest BCUT2D eigenvalue weighted by atomic mass is 9.91. The SMILES string of the molecule is CC(C)C[C@H](NC(=O)c1ccc2[nH]nc(-c3ccc(N4[C@H]5COC[C@H]4CC(O)C5)cc3)c2c1)c1ccccn1. The minimum atomic E-state index is -0.258. The number of amides is 1. The van der Waals surface area contributed by atoms with Crippen LogP contribution in [0.3, 0.4) is 0 Å². The Morgan fingerprint density at radius 3 is 2.56 bits per heavy atom. The Morgan fingerprint density at radius 2 is 1.87 bits per heavy atom. The third-order valence-corrected chi connectivity index (χ3v) is 7.82. The maximum absolute atomic E-state index is 13.4. The van der Waals surface area contributed by atoms with Gasteiger partial charge in [0.1, 0.15) is 0 Å². The molecule has 4 aromatic rings. The van der Waals surface area contributed by atoms with Crippen LogP contribution in [0.1, 0.15) is 55.2 Å². The lowest BCUT2D eigenvalue weighted by Gasteiger charge is -2.48. The van der Waals surface area contributed by atoms with Gasteiger partial charge in [0.05, 0.1) is 54.3 Å². The molecule has 0 spiro atoms. The fourth-order valence-corrected chi connectivity index (χ4v) is 6.02. The van der Waals surface area contributed by atoms with E-state index in [0.717, 1.165) is 52.8 Å². The fourth-order valence-electron chi connectivity index (χ4n) is 6.02. The second-order valence-corrected chi connectivity index (χ2v) is 11.2. The van der Waals surface area contributed by atoms with Crippen LogP contribution in [-0.2, 0) is 4.74 Å². The lowest BCUT2D eigenvalue weighted by Crippen LogP contribution is -2.58. The summed E-state index contributed by atoms with van der Waals surface area (Å²) in [5, 5.41) is 22.0. The van der Waals surface area contributed by atoms with Gasteiger partial charge in [0.2, 0.25) is 0 Å². The number of aliphatic hydroxyl groups is 1. The van der Waals surface area contributed by atoms with Crippen molar-refractivity contribution in [2.45, 2.75) is 57.3 Å². The van der Waals surface area contributed by atoms with Crippen LogP contribution < -0.4 is 10.2 Å². The molecule has 6 rings (SSSR count). The van der Waals surface area contributed by atoms with Crippen molar-refractivity contribution in [1.29, 1.82) is 0 Å². The molecule has 0 radical (unpaired) electrons. The van der Waals surface area contributed by atoms with Crippen molar-refractivity contribution in [2.75, 3.05) is 18.1 Å². The Labute approximate surface area is 228 Å². The number of aromatic nitrogens is 3. The van der Waals surface area contributed by atoms with Crippen LogP contribution in [0.2, 0.25) is 0 Å². The predicted molar refractivity (Wildman–Crippen MR) is 152 cm³/mol. The van der Waals surface area contributed by atoms with Crippen molar-refractivity contribution in [3.05, 3.63) is 78.1 Å². The average molecular weight is 526 g/mol. The summed E-state index contributed by atoms with van der Waals surface area (Å²) in [4.78, 5) is 20.2. The van der Waals surface area contributed by atoms with Gasteiger partial charge in [-0.05, 0) is 67.6 Å². The number of nitrogens with one attached hydrogen (secondary N) is 2. The van der Waals surface area contributed by atoms with Gasteiger partial charge in [0.15, 0.2) is 0 Å². The Kier molecular flexibility index (Phi) is 7.06. The molecule has 8 heteroatoms. The molecule has 202 valence electrons. The zero-order valence-electron chi connectivity index (χ0n) is 22.4. The van der Waals surface area contributed by atoms with E-state index in [1.807, 2.05) is 36.4 Å². The normalized spacial score (nSPS) is 21.7. The number of piperidine rings is 1. The van der Waals surface area contributed by atoms with Crippen LogP contribution in [-0.4, -0.2) is 57.6 Å². The van der Waals surface area contributed by atoms with Gasteiger partial charge in [-0.2, -0.15) is 5.10 Å². The maximum Gasteiger partial charge on any atom is 0.251 e. The number of rotatable bonds is 7. The number of H-pyrrole nitrogens is 1. The third kappa shape index (κ3) is 5.27. The van der Waals surface area contributed by atoms with Crippen molar-refractivity contribution >= 4 is 22.5 Å². The van der Waals surface area contributed by atoms with Crippen molar-refractivity contribution in [3.8, 4) is 11.3 Å². The number of carbonyl (C=O) groups excluding carboxylic acids is 1. The summed E-state index contributed by atoms with van der Waals surface area (Å²) in [5.41, 5.74) is 5.26. The number of aliphatic hydroxyl groups excluding tert-OH is 1. The van der Waals surface area contributed by atoms with Crippen LogP contribution in [0.25, 0.3) is 22.2 Å². The number of carbonyl (C=O) groups is 1. The van der Waals surface area contributed by atoms with E-state index in [2.05, 4.69) is 63.5 Å². The second kappa shape index (κ2) is 10.8. The molecule has 2 aliphatic rings. The highest BCUT2D eigenvalue weighted by molar-refractivity contribution is 6.01. The summed E-state index contributed by atoms with van der Waals surface area (Å²) in [5.74, 6) is 0.280. The van der Waals surface area contributed by atoms with E-state index in [1.54, 1.807) is 6.20 Å². The number of pyridine rings is 1. The molecule has 8 nitrogen and oxygen atoms in total. The molecule has 2 aromatic heterocycles. The summed E-state index contributed by atoms with van der Waals surface area (Å²) >= 11 is 0. The quantitative estimate of drug-likeness (QED) is 0.318. The first kappa shape index (κ1) is 25.5. The van der Waals surface area contributed by atoms with E-state index in [1.165, 1.54) is 0 Å². The Morgan fingerprint density at radius 1 is 1.10 bits per heavy atom. The van der Waals surface area contributed by atoms with Gasteiger partial charge < -0.3 is 20.1 Å². The molecule has 0 unspecified atom stereocenters. The monoisotopic (exact) mass is 525 g/mol. The number of aromatic amines is 1. The number of nitrogens with zero attached hydrogens (tertiary/aromatic N) is 3. The van der Waals surface area contributed by atoms with Crippen molar-refractivity contribution < 1.29 is 14.6 Å². The van der Waals surface area contributed by atoms with Gasteiger partial charge in [0.25, 0.3) is 5.91 Å². The smallest absolute Gasteiger partial charge is 0.251 e. The number of anilines is 1. The van der Waals surface area contributed by atoms with E-state index < -0.39 is 0 Å². The van der Waals surface area contributed by atoms with Crippen molar-refractivity contribution in [3.63, 3.8) is 0 Å². The van der Waals surface area contributed by atoms with Gasteiger partial charge in [-0.25, -0.2) is 0 Å². The van der Waals surface area contributed by atoms with Gasteiger partial charge in [-0.15, -0.1) is 0 Å². The molecule has 2 fully saturated rings. The first-order chi connectivity index (χ1) is 19.0. The topological polar surface area (TPSA) is 103 Å². The minimum Gasteiger partial charge on any atom is -0.393 e. The first-order valence-electron chi connectivity index (χ1n) is 13.8. The number of hydrogen-bond donors (Lipinski definition) is 3. The molecule has 4 heterocycles. The van der Waals surface area contributed by atoms with Gasteiger partial charge in [0, 0.05) is 28.4 Å². The number of morpholine rings is 1. The van der Waals surface area contributed by atoms with Crippen LogP contribution in [0.4, 0.5) is 5.69 Å². The summed E-state index contributed by atoms with van der Waals surface area (Å²) in [7, 11) is 0. The molecule has 3 N–H and O–H groups in total. The second-order valence-electron chi connectivity index (χ2n) is 11.2. The minimum absolute atomic E-state index is 0.128. The standard InChI is InChI=1S/C31H35N5O3/c1-19(2)13-29(28-5-3-4-12-32-28)33-31(38)21-8-11-27-26(14-21)30(35-34-27)20-6-9-22(10-7-20)36-23-15-25(37)16-24(36)18-39-17-23/h3-12,14,19,23-25,29,37H,13,15-18H2,1-2H3,(H,33,38)(H,34,35)/t23-,24-,29+/m1/s1. The highest BCUT2D eigenvalue weighted by Gasteiger charge is 2.38. The largest absolute Gasteiger partial charge is 0.393 e. The number of fused-ring (bicyclic) bond motifs is 3. The van der Waals surface area contributed by atoms with E-state index in [9.17, 15) is 9.90 Å². The zero-order chi connectivity index (χ0) is 26.9. The van der Waals surface area contributed by atoms with Gasteiger partial charge in [-0.3, -0.25) is 14.9 Å². The summed E-state index contributed by atoms with van der Waals surface area (Å²) in [6.45, 7) is 5.57. The summed E-state index contributed by atoms with van der Waals surface area (Å²) < 4.78 is 5.76. The number of benzene rings is 2. The Hall–Kier alpha value is -3.75. The molecular formula is C31H35N5O3. The molecule has 3 atom stereocenters. The van der Waals surface area contributed by atoms with Crippen LogP contribution in [0.15, 0.2) is 66.9 Å². The van der Waals surface area contributed by atoms with E-state index in [0.29, 0.717) is 24.7 Å². The first-order valence-corrected chi connectivity index (χ1v) is 13.8. The lowest BCUT2D eigenvalue weighted by molar-refractivity contribution is 0.00124. The predicted octanol–water partition coefficient (Wildman–Crippen LogP) is 4.87. The summed E-state index contributed by atoms with van der Waals surface area (Å²) in [6.07, 6.45) is 3.76. The molecule has 0 aliphatic carbocycles. The summed E-state index contributed by atoms with van der Waals surface area (Å²) in [6, 6.07) is 20.1. The van der Waals surface area contributed by atoms with Gasteiger partial charge >= 0.3 is 0 Å². The number of hydrogen-bond acceptors (Lipinski definition) is 6. The highest BCUT2D eigenvalue weighted by atomic mass is 16.5. The van der Waals surface area contributed by atoms with Gasteiger partial charge in [-0.1, -0.05) is 32.0 Å². The molecule has 39 heavy (non-hydrogen) atoms. The maximum atomic E-state index is 13.4. The van der Waals surface area contributed by atoms with Crippen LogP contribution in [0, 0.1) is 5.92 Å². The molecule has 2 aliphatic heterocycles. The van der Waals surface area contributed by atoms with E-state index in [-0.39, 0.29) is 30.1 Å². The molecule has 0 saturated carbocycles. The molecule has 2 bridgehead atoms. The van der Waals surface area contributed by atoms with E-state index >= 15 is 0 Å². The van der Waals surface area contributed by atoms with Crippen molar-refractivity contribution in [2.24, 2.45) is 5.92 Å². The van der Waals surface area contributed by atoms with Crippen LogP contribution >= 0.6 is 0 Å². The van der Waals surface area contributed by atoms with Crippen LogP contribution in [0.5, 0.6) is 0 Å². The molecule has 1 amide bonds. The molecule has 2 saturated heterocycles. The Balaban J connectivity index is 1.24. The molecular weight excluding hydrogens is 490 g/mol. The number of ether oxygens (including phenoxy) is 1. The average Bonchev–Trinajstić information content (AvgIpc) is 3.36. The fraction of sp³-hybridized carbons (Fsp3) is 0.387. The highest BCUT2D eigenvalue weighted by Crippen LogP contribution is 2.35. The zero-order valence-corrected chi connectivity index (χ0v) is 22.4. The Bertz CT molecular complexity index is 1420. The van der Waals surface area contributed by atoms with Crippen molar-refractivity contribution in [1.82, 2.24) is 20.5 Å². The van der Waals surface area contributed by atoms with E-state index in [4.69, 9.17) is 4.74 Å². The molecule has 2 aromatic carbocycles. The third-order valence-electron chi connectivity index (χ3n) is 7.82.